The molecule has 22 heavy (non-hydrogen) atoms. The Bertz CT molecular complexity index is 656. The summed E-state index contributed by atoms with van der Waals surface area (Å²) >= 11 is 0. The van der Waals surface area contributed by atoms with E-state index in [1.54, 1.807) is 0 Å². The molecule has 0 atom stereocenters. The van der Waals surface area contributed by atoms with Crippen molar-refractivity contribution in [1.82, 2.24) is 24.9 Å². The predicted octanol–water partition coefficient (Wildman–Crippen LogP) is 1.23. The molecule has 6 heteroatoms. The van der Waals surface area contributed by atoms with Crippen molar-refractivity contribution in [2.24, 2.45) is 12.5 Å². The van der Waals surface area contributed by atoms with Crippen molar-refractivity contribution < 1.29 is 0 Å². The van der Waals surface area contributed by atoms with E-state index in [0.717, 1.165) is 31.1 Å². The molecule has 2 aliphatic heterocycles. The van der Waals surface area contributed by atoms with E-state index < -0.39 is 0 Å². The maximum atomic E-state index is 4.30. The molecule has 6 nitrogen and oxygen atoms in total. The molecule has 0 amide bonds. The molecule has 2 aromatic heterocycles. The third-order valence-corrected chi connectivity index (χ3v) is 4.84. The van der Waals surface area contributed by atoms with E-state index in [-0.39, 0.29) is 0 Å². The van der Waals surface area contributed by atoms with Gasteiger partial charge in [0.25, 0.3) is 0 Å². The van der Waals surface area contributed by atoms with E-state index in [0.29, 0.717) is 5.41 Å². The SMILES string of the molecule is Cc1ccc(N2CC3(CCN(Cc4cnn(C)c4)C3)C2)nn1. The summed E-state index contributed by atoms with van der Waals surface area (Å²) in [7, 11) is 1.97. The molecular weight excluding hydrogens is 276 g/mol. The highest BCUT2D eigenvalue weighted by molar-refractivity contribution is 5.42. The van der Waals surface area contributed by atoms with E-state index in [4.69, 9.17) is 0 Å². The lowest BCUT2D eigenvalue weighted by Gasteiger charge is -2.48. The maximum Gasteiger partial charge on any atom is 0.151 e. The second-order valence-corrected chi connectivity index (χ2v) is 6.87. The van der Waals surface area contributed by atoms with Crippen LogP contribution in [0.2, 0.25) is 0 Å². The Labute approximate surface area is 130 Å². The molecule has 4 heterocycles. The van der Waals surface area contributed by atoms with Gasteiger partial charge in [0.15, 0.2) is 5.82 Å². The van der Waals surface area contributed by atoms with Crippen molar-refractivity contribution in [3.63, 3.8) is 0 Å². The Morgan fingerprint density at radius 2 is 2.05 bits per heavy atom. The second-order valence-electron chi connectivity index (χ2n) is 6.87. The van der Waals surface area contributed by atoms with E-state index in [9.17, 15) is 0 Å². The minimum Gasteiger partial charge on any atom is -0.354 e. The lowest BCUT2D eigenvalue weighted by atomic mass is 9.79. The van der Waals surface area contributed by atoms with Gasteiger partial charge in [-0.3, -0.25) is 9.58 Å². The number of hydrogen-bond acceptors (Lipinski definition) is 5. The molecule has 2 fully saturated rings. The molecule has 0 bridgehead atoms. The van der Waals surface area contributed by atoms with Crippen LogP contribution in [0.4, 0.5) is 5.82 Å². The molecule has 1 spiro atoms. The third kappa shape index (κ3) is 2.47. The smallest absolute Gasteiger partial charge is 0.151 e. The van der Waals surface area contributed by atoms with Crippen molar-refractivity contribution >= 4 is 5.82 Å². The van der Waals surface area contributed by atoms with Gasteiger partial charge in [0.2, 0.25) is 0 Å². The summed E-state index contributed by atoms with van der Waals surface area (Å²) in [6.07, 6.45) is 5.36. The molecule has 2 aromatic rings. The number of anilines is 1. The minimum atomic E-state index is 0.453. The summed E-state index contributed by atoms with van der Waals surface area (Å²) in [6.45, 7) is 7.56. The Balaban J connectivity index is 1.35. The largest absolute Gasteiger partial charge is 0.354 e. The highest BCUT2D eigenvalue weighted by Gasteiger charge is 2.47. The first-order valence-electron chi connectivity index (χ1n) is 7.87. The summed E-state index contributed by atoms with van der Waals surface area (Å²) in [4.78, 5) is 4.90. The first-order valence-corrected chi connectivity index (χ1v) is 7.87. The zero-order valence-corrected chi connectivity index (χ0v) is 13.2. The fraction of sp³-hybridized carbons (Fsp3) is 0.562. The number of rotatable bonds is 3. The van der Waals surface area contributed by atoms with Crippen LogP contribution in [0, 0.1) is 12.3 Å². The van der Waals surface area contributed by atoms with Gasteiger partial charge in [-0.05, 0) is 32.0 Å². The third-order valence-electron chi connectivity index (χ3n) is 4.84. The van der Waals surface area contributed by atoms with Gasteiger partial charge in [-0.1, -0.05) is 0 Å². The minimum absolute atomic E-state index is 0.453. The highest BCUT2D eigenvalue weighted by atomic mass is 15.3. The Kier molecular flexibility index (Phi) is 3.14. The number of aromatic nitrogens is 4. The van der Waals surface area contributed by atoms with Gasteiger partial charge >= 0.3 is 0 Å². The lowest BCUT2D eigenvalue weighted by Crippen LogP contribution is -2.58. The molecule has 2 aliphatic rings. The van der Waals surface area contributed by atoms with Gasteiger partial charge in [0.05, 0.1) is 11.9 Å². The van der Waals surface area contributed by atoms with E-state index in [1.807, 2.05) is 30.9 Å². The molecule has 4 rings (SSSR count). The van der Waals surface area contributed by atoms with Crippen LogP contribution in [0.15, 0.2) is 24.5 Å². The maximum absolute atomic E-state index is 4.30. The number of hydrogen-bond donors (Lipinski definition) is 0. The standard InChI is InChI=1S/C16H22N6/c1-13-3-4-15(19-18-13)22-11-16(12-22)5-6-21(10-16)9-14-7-17-20(2)8-14/h3-4,7-8H,5-6,9-12H2,1-2H3. The fourth-order valence-corrected chi connectivity index (χ4v) is 3.72. The molecule has 0 aliphatic carbocycles. The molecular formula is C16H22N6. The molecule has 0 aromatic carbocycles. The van der Waals surface area contributed by atoms with Gasteiger partial charge in [-0.25, -0.2) is 0 Å². The van der Waals surface area contributed by atoms with Crippen molar-refractivity contribution in [2.75, 3.05) is 31.1 Å². The first-order chi connectivity index (χ1) is 10.6. The second kappa shape index (κ2) is 5.05. The van der Waals surface area contributed by atoms with Crippen LogP contribution in [0.5, 0.6) is 0 Å². The van der Waals surface area contributed by atoms with Crippen LogP contribution in [0.3, 0.4) is 0 Å². The van der Waals surface area contributed by atoms with Crippen molar-refractivity contribution in [2.45, 2.75) is 19.9 Å². The summed E-state index contributed by atoms with van der Waals surface area (Å²) in [5.74, 6) is 1.02. The number of aryl methyl sites for hydroxylation is 2. The molecule has 116 valence electrons. The summed E-state index contributed by atoms with van der Waals surface area (Å²) < 4.78 is 1.88. The quantitative estimate of drug-likeness (QED) is 0.853. The topological polar surface area (TPSA) is 50.1 Å². The van der Waals surface area contributed by atoms with Gasteiger partial charge < -0.3 is 4.90 Å². The summed E-state index contributed by atoms with van der Waals surface area (Å²) in [5, 5.41) is 12.7. The lowest BCUT2D eigenvalue weighted by molar-refractivity contribution is 0.201. The first kappa shape index (κ1) is 13.7. The van der Waals surface area contributed by atoms with Crippen LogP contribution < -0.4 is 4.90 Å². The van der Waals surface area contributed by atoms with Crippen LogP contribution >= 0.6 is 0 Å². The molecule has 0 saturated carbocycles. The molecule has 0 N–H and O–H groups in total. The monoisotopic (exact) mass is 298 g/mol. The zero-order chi connectivity index (χ0) is 15.2. The van der Waals surface area contributed by atoms with E-state index in [2.05, 4.69) is 37.4 Å². The van der Waals surface area contributed by atoms with E-state index in [1.165, 1.54) is 25.1 Å². The van der Waals surface area contributed by atoms with Crippen molar-refractivity contribution in [3.8, 4) is 0 Å². The van der Waals surface area contributed by atoms with Crippen LogP contribution in [0.25, 0.3) is 0 Å². The predicted molar refractivity (Wildman–Crippen MR) is 84.5 cm³/mol. The van der Waals surface area contributed by atoms with Crippen LogP contribution in [-0.2, 0) is 13.6 Å². The van der Waals surface area contributed by atoms with Gasteiger partial charge in [-0.15, -0.1) is 5.10 Å². The van der Waals surface area contributed by atoms with E-state index >= 15 is 0 Å². The summed E-state index contributed by atoms with van der Waals surface area (Å²) in [5.41, 5.74) is 2.73. The fourth-order valence-electron chi connectivity index (χ4n) is 3.72. The Morgan fingerprint density at radius 1 is 1.18 bits per heavy atom. The number of nitrogens with zero attached hydrogens (tertiary/aromatic N) is 6. The average molecular weight is 298 g/mol. The Morgan fingerprint density at radius 3 is 2.73 bits per heavy atom. The molecule has 0 radical (unpaired) electrons. The number of likely N-dealkylation sites (tertiary alicyclic amines) is 1. The average Bonchev–Trinajstić information content (AvgIpc) is 3.06. The molecule has 0 unspecified atom stereocenters. The van der Waals surface area contributed by atoms with Gasteiger partial charge in [-0.2, -0.15) is 10.2 Å². The summed E-state index contributed by atoms with van der Waals surface area (Å²) in [6, 6.07) is 4.12. The van der Waals surface area contributed by atoms with Crippen molar-refractivity contribution in [3.05, 3.63) is 35.8 Å². The van der Waals surface area contributed by atoms with Crippen molar-refractivity contribution in [1.29, 1.82) is 0 Å². The van der Waals surface area contributed by atoms with Gasteiger partial charge in [0, 0.05) is 50.4 Å². The normalized spacial score (nSPS) is 20.5. The van der Waals surface area contributed by atoms with Crippen LogP contribution in [0.1, 0.15) is 17.7 Å². The van der Waals surface area contributed by atoms with Crippen LogP contribution in [-0.4, -0.2) is 51.1 Å². The zero-order valence-electron chi connectivity index (χ0n) is 13.2. The Hall–Kier alpha value is -1.95. The molecule has 2 saturated heterocycles. The highest BCUT2D eigenvalue weighted by Crippen LogP contribution is 2.41. The van der Waals surface area contributed by atoms with Gasteiger partial charge in [0.1, 0.15) is 0 Å².